The number of morpholine rings is 1. The molecule has 0 aliphatic carbocycles. The van der Waals surface area contributed by atoms with Gasteiger partial charge < -0.3 is 9.84 Å². The van der Waals surface area contributed by atoms with Gasteiger partial charge in [0.15, 0.2) is 0 Å². The molecule has 2 aromatic rings. The van der Waals surface area contributed by atoms with Crippen molar-refractivity contribution in [3.63, 3.8) is 0 Å². The highest BCUT2D eigenvalue weighted by Crippen LogP contribution is 2.22. The summed E-state index contributed by atoms with van der Waals surface area (Å²) in [5.74, 6) is 0. The number of aliphatic hydroxyl groups is 1. The second kappa shape index (κ2) is 6.56. The van der Waals surface area contributed by atoms with Crippen molar-refractivity contribution in [2.75, 3.05) is 26.2 Å². The SMILES string of the molecule is C[C@@](O)(CN1CCO[C@@H](Cn2cncn2)C1)c1ccccc1. The highest BCUT2D eigenvalue weighted by Gasteiger charge is 2.29. The molecule has 1 aromatic carbocycles. The minimum atomic E-state index is -0.865. The first kappa shape index (κ1) is 15.1. The highest BCUT2D eigenvalue weighted by atomic mass is 16.5. The van der Waals surface area contributed by atoms with Crippen molar-refractivity contribution in [1.29, 1.82) is 0 Å². The predicted molar refractivity (Wildman–Crippen MR) is 82.2 cm³/mol. The van der Waals surface area contributed by atoms with E-state index in [4.69, 9.17) is 4.74 Å². The van der Waals surface area contributed by atoms with Gasteiger partial charge in [0, 0.05) is 19.6 Å². The van der Waals surface area contributed by atoms with Gasteiger partial charge in [0.1, 0.15) is 12.7 Å². The summed E-state index contributed by atoms with van der Waals surface area (Å²) in [7, 11) is 0. The van der Waals surface area contributed by atoms with Gasteiger partial charge >= 0.3 is 0 Å². The van der Waals surface area contributed by atoms with E-state index in [0.29, 0.717) is 19.7 Å². The van der Waals surface area contributed by atoms with Crippen LogP contribution < -0.4 is 0 Å². The van der Waals surface area contributed by atoms with Gasteiger partial charge in [-0.1, -0.05) is 30.3 Å². The molecule has 3 rings (SSSR count). The summed E-state index contributed by atoms with van der Waals surface area (Å²) in [6, 6.07) is 9.80. The molecule has 1 aliphatic rings. The lowest BCUT2D eigenvalue weighted by atomic mass is 9.95. The lowest BCUT2D eigenvalue weighted by molar-refractivity contribution is -0.0670. The summed E-state index contributed by atoms with van der Waals surface area (Å²) in [6.07, 6.45) is 3.30. The Labute approximate surface area is 130 Å². The van der Waals surface area contributed by atoms with Crippen molar-refractivity contribution in [3.8, 4) is 0 Å². The molecule has 118 valence electrons. The van der Waals surface area contributed by atoms with Gasteiger partial charge in [-0.2, -0.15) is 5.10 Å². The van der Waals surface area contributed by atoms with Crippen LogP contribution >= 0.6 is 0 Å². The Morgan fingerprint density at radius 1 is 1.36 bits per heavy atom. The maximum atomic E-state index is 10.8. The molecule has 0 unspecified atom stereocenters. The fourth-order valence-corrected chi connectivity index (χ4v) is 2.89. The third-order valence-electron chi connectivity index (χ3n) is 4.01. The Balaban J connectivity index is 1.60. The zero-order valence-electron chi connectivity index (χ0n) is 12.8. The van der Waals surface area contributed by atoms with E-state index < -0.39 is 5.60 Å². The number of benzene rings is 1. The Morgan fingerprint density at radius 3 is 2.91 bits per heavy atom. The molecule has 1 fully saturated rings. The van der Waals surface area contributed by atoms with Crippen LogP contribution in [0, 0.1) is 0 Å². The van der Waals surface area contributed by atoms with Crippen LogP contribution in [0.5, 0.6) is 0 Å². The van der Waals surface area contributed by atoms with Crippen molar-refractivity contribution in [1.82, 2.24) is 19.7 Å². The van der Waals surface area contributed by atoms with Crippen molar-refractivity contribution < 1.29 is 9.84 Å². The molecule has 0 radical (unpaired) electrons. The van der Waals surface area contributed by atoms with Crippen molar-refractivity contribution in [2.24, 2.45) is 0 Å². The molecule has 1 N–H and O–H groups in total. The molecule has 22 heavy (non-hydrogen) atoms. The molecule has 0 saturated carbocycles. The van der Waals surface area contributed by atoms with Gasteiger partial charge in [-0.05, 0) is 12.5 Å². The smallest absolute Gasteiger partial charge is 0.137 e. The van der Waals surface area contributed by atoms with Gasteiger partial charge in [0.2, 0.25) is 0 Å². The normalized spacial score (nSPS) is 22.4. The van der Waals surface area contributed by atoms with Gasteiger partial charge in [0.25, 0.3) is 0 Å². The number of ether oxygens (including phenoxy) is 1. The Kier molecular flexibility index (Phi) is 4.52. The third-order valence-corrected chi connectivity index (χ3v) is 4.01. The number of hydrogen-bond acceptors (Lipinski definition) is 5. The highest BCUT2D eigenvalue weighted by molar-refractivity contribution is 5.21. The molecular weight excluding hydrogens is 280 g/mol. The molecule has 1 aromatic heterocycles. The van der Waals surface area contributed by atoms with Crippen LogP contribution in [0.4, 0.5) is 0 Å². The van der Waals surface area contributed by atoms with Crippen molar-refractivity contribution >= 4 is 0 Å². The summed E-state index contributed by atoms with van der Waals surface area (Å²) in [4.78, 5) is 6.20. The molecule has 6 heteroatoms. The summed E-state index contributed by atoms with van der Waals surface area (Å²) >= 11 is 0. The Bertz CT molecular complexity index is 571. The summed E-state index contributed by atoms with van der Waals surface area (Å²) in [5.41, 5.74) is 0.0745. The van der Waals surface area contributed by atoms with E-state index in [2.05, 4.69) is 15.0 Å². The molecule has 6 nitrogen and oxygen atoms in total. The van der Waals surface area contributed by atoms with Crippen LogP contribution in [-0.4, -0.2) is 57.1 Å². The first-order chi connectivity index (χ1) is 10.6. The average molecular weight is 302 g/mol. The standard InChI is InChI=1S/C16H22N4O2/c1-16(21,14-5-3-2-4-6-14)11-19-7-8-22-15(9-19)10-20-13-17-12-18-20/h2-6,12-13,15,21H,7-11H2,1H3/t15-,16-/m1/s1. The minimum Gasteiger partial charge on any atom is -0.384 e. The molecule has 1 aliphatic heterocycles. The molecule has 2 heterocycles. The first-order valence-corrected chi connectivity index (χ1v) is 7.58. The minimum absolute atomic E-state index is 0.0713. The lowest BCUT2D eigenvalue weighted by Crippen LogP contribution is -2.49. The van der Waals surface area contributed by atoms with Gasteiger partial charge in [-0.15, -0.1) is 0 Å². The summed E-state index contributed by atoms with van der Waals surface area (Å²) in [6.45, 7) is 5.42. The largest absolute Gasteiger partial charge is 0.384 e. The van der Waals surface area contributed by atoms with Crippen molar-refractivity contribution in [2.45, 2.75) is 25.2 Å². The van der Waals surface area contributed by atoms with Crippen LogP contribution in [0.15, 0.2) is 43.0 Å². The zero-order valence-corrected chi connectivity index (χ0v) is 12.8. The summed E-state index contributed by atoms with van der Waals surface area (Å²) in [5, 5.41) is 14.9. The fourth-order valence-electron chi connectivity index (χ4n) is 2.89. The Hall–Kier alpha value is -1.76. The monoisotopic (exact) mass is 302 g/mol. The maximum Gasteiger partial charge on any atom is 0.137 e. The second-order valence-electron chi connectivity index (χ2n) is 5.99. The van der Waals surface area contributed by atoms with E-state index in [9.17, 15) is 5.11 Å². The quantitative estimate of drug-likeness (QED) is 0.888. The third kappa shape index (κ3) is 3.71. The number of rotatable bonds is 5. The molecule has 1 saturated heterocycles. The van der Waals surface area contributed by atoms with Gasteiger partial charge in [-0.25, -0.2) is 4.98 Å². The van der Waals surface area contributed by atoms with Crippen LogP contribution in [0.25, 0.3) is 0 Å². The van der Waals surface area contributed by atoms with Gasteiger partial charge in [0.05, 0.1) is 24.9 Å². The van der Waals surface area contributed by atoms with Crippen LogP contribution in [0.2, 0.25) is 0 Å². The van der Waals surface area contributed by atoms with E-state index in [1.54, 1.807) is 11.0 Å². The van der Waals surface area contributed by atoms with E-state index in [-0.39, 0.29) is 6.10 Å². The molecular formula is C16H22N4O2. The zero-order chi connectivity index (χ0) is 15.4. The number of nitrogens with zero attached hydrogens (tertiary/aromatic N) is 4. The predicted octanol–water partition coefficient (Wildman–Crippen LogP) is 0.887. The maximum absolute atomic E-state index is 10.8. The molecule has 0 bridgehead atoms. The van der Waals surface area contributed by atoms with Crippen LogP contribution in [0.1, 0.15) is 12.5 Å². The average Bonchev–Trinajstić information content (AvgIpc) is 3.01. The molecule has 0 spiro atoms. The number of β-amino-alcohol motifs (C(OH)–C–C–N with tert-alkyl or cyclic N) is 1. The van der Waals surface area contributed by atoms with Gasteiger partial charge in [-0.3, -0.25) is 9.58 Å². The van der Waals surface area contributed by atoms with E-state index in [0.717, 1.165) is 18.7 Å². The number of aromatic nitrogens is 3. The number of hydrogen-bond donors (Lipinski definition) is 1. The van der Waals surface area contributed by atoms with Crippen LogP contribution in [0.3, 0.4) is 0 Å². The van der Waals surface area contributed by atoms with E-state index >= 15 is 0 Å². The molecule has 0 amide bonds. The lowest BCUT2D eigenvalue weighted by Gasteiger charge is -2.37. The second-order valence-corrected chi connectivity index (χ2v) is 5.99. The van der Waals surface area contributed by atoms with Crippen LogP contribution in [-0.2, 0) is 16.9 Å². The topological polar surface area (TPSA) is 63.4 Å². The van der Waals surface area contributed by atoms with Crippen molar-refractivity contribution in [3.05, 3.63) is 48.5 Å². The Morgan fingerprint density at radius 2 is 2.18 bits per heavy atom. The first-order valence-electron chi connectivity index (χ1n) is 7.58. The van der Waals surface area contributed by atoms with E-state index in [1.807, 2.05) is 37.3 Å². The summed E-state index contributed by atoms with van der Waals surface area (Å²) < 4.78 is 7.57. The fraction of sp³-hybridized carbons (Fsp3) is 0.500. The molecule has 2 atom stereocenters. The van der Waals surface area contributed by atoms with E-state index in [1.165, 1.54) is 6.33 Å².